The van der Waals surface area contributed by atoms with E-state index in [4.69, 9.17) is 0 Å². The lowest BCUT2D eigenvalue weighted by atomic mass is 10.0. The second kappa shape index (κ2) is 7.21. The largest absolute Gasteiger partial charge is 0.443 e. The maximum atomic E-state index is 12.7. The van der Waals surface area contributed by atoms with Crippen molar-refractivity contribution in [2.75, 3.05) is 19.6 Å². The van der Waals surface area contributed by atoms with Crippen LogP contribution >= 0.6 is 11.3 Å². The predicted molar refractivity (Wildman–Crippen MR) is 89.0 cm³/mol. The van der Waals surface area contributed by atoms with Crippen LogP contribution in [0.2, 0.25) is 0 Å². The molecule has 1 aliphatic rings. The number of hydrogen-bond donors (Lipinski definition) is 1. The molecule has 3 rings (SSSR count). The van der Waals surface area contributed by atoms with Crippen molar-refractivity contribution < 1.29 is 13.2 Å². The summed E-state index contributed by atoms with van der Waals surface area (Å²) in [5.41, 5.74) is 2.48. The first kappa shape index (κ1) is 17.4. The number of aryl methyl sites for hydroxylation is 1. The average molecular weight is 355 g/mol. The molecule has 0 bridgehead atoms. The number of alkyl halides is 3. The Hall–Kier alpha value is -1.44. The normalized spacial score (nSPS) is 19.6. The molecule has 1 atom stereocenters. The number of thiazole rings is 1. The van der Waals surface area contributed by atoms with Gasteiger partial charge in [-0.1, -0.05) is 31.2 Å². The van der Waals surface area contributed by atoms with Crippen molar-refractivity contribution in [2.24, 2.45) is 0 Å². The third-order valence-corrected chi connectivity index (χ3v) is 5.31. The Bertz CT molecular complexity index is 666. The molecule has 1 aromatic carbocycles. The molecular formula is C17H20F3N3S. The van der Waals surface area contributed by atoms with Gasteiger partial charge in [-0.3, -0.25) is 4.90 Å². The molecule has 24 heavy (non-hydrogen) atoms. The van der Waals surface area contributed by atoms with Crippen LogP contribution in [-0.2, 0) is 19.1 Å². The molecule has 2 heterocycles. The van der Waals surface area contributed by atoms with Crippen molar-refractivity contribution in [3.8, 4) is 0 Å². The van der Waals surface area contributed by atoms with Crippen LogP contribution in [0, 0.1) is 0 Å². The van der Waals surface area contributed by atoms with Crippen LogP contribution in [-0.4, -0.2) is 29.5 Å². The van der Waals surface area contributed by atoms with Gasteiger partial charge in [0.2, 0.25) is 0 Å². The number of aromatic nitrogens is 1. The Balaban J connectivity index is 1.75. The highest BCUT2D eigenvalue weighted by Gasteiger charge is 2.35. The molecule has 0 amide bonds. The fraction of sp³-hybridized carbons (Fsp3) is 0.471. The van der Waals surface area contributed by atoms with Gasteiger partial charge in [-0.2, -0.15) is 13.2 Å². The monoisotopic (exact) mass is 355 g/mol. The zero-order valence-corrected chi connectivity index (χ0v) is 14.3. The van der Waals surface area contributed by atoms with E-state index in [0.29, 0.717) is 11.4 Å². The third-order valence-electron chi connectivity index (χ3n) is 4.28. The number of nitrogens with zero attached hydrogens (tertiary/aromatic N) is 2. The van der Waals surface area contributed by atoms with Gasteiger partial charge in [-0.05, 0) is 17.5 Å². The molecule has 0 radical (unpaired) electrons. The van der Waals surface area contributed by atoms with Crippen LogP contribution in [0.1, 0.15) is 34.0 Å². The van der Waals surface area contributed by atoms with E-state index in [0.717, 1.165) is 37.4 Å². The first-order valence-electron chi connectivity index (χ1n) is 8.03. The molecular weight excluding hydrogens is 335 g/mol. The molecule has 1 saturated heterocycles. The highest BCUT2D eigenvalue weighted by atomic mass is 32.1. The summed E-state index contributed by atoms with van der Waals surface area (Å²) in [5, 5.41) is 2.61. The zero-order chi connectivity index (χ0) is 17.2. The summed E-state index contributed by atoms with van der Waals surface area (Å²) >= 11 is 0.739. The van der Waals surface area contributed by atoms with Gasteiger partial charge in [-0.15, -0.1) is 11.3 Å². The van der Waals surface area contributed by atoms with Gasteiger partial charge in [0.25, 0.3) is 0 Å². The van der Waals surface area contributed by atoms with Gasteiger partial charge < -0.3 is 5.32 Å². The Kier molecular flexibility index (Phi) is 5.22. The smallest absolute Gasteiger partial charge is 0.314 e. The number of halogens is 3. The van der Waals surface area contributed by atoms with Crippen LogP contribution in [0.25, 0.3) is 0 Å². The topological polar surface area (TPSA) is 28.2 Å². The first-order valence-corrected chi connectivity index (χ1v) is 8.84. The Morgan fingerprint density at radius 2 is 2.04 bits per heavy atom. The Morgan fingerprint density at radius 1 is 1.29 bits per heavy atom. The SMILES string of the molecule is CCc1ccc(C2CNCCN2Cc2cnc(C(F)(F)F)s2)cc1. The fourth-order valence-corrected chi connectivity index (χ4v) is 3.76. The lowest BCUT2D eigenvalue weighted by molar-refractivity contribution is -0.137. The van der Waals surface area contributed by atoms with Crippen molar-refractivity contribution in [3.63, 3.8) is 0 Å². The molecule has 3 nitrogen and oxygen atoms in total. The standard InChI is InChI=1S/C17H20F3N3S/c1-2-12-3-5-13(6-4-12)15-10-21-7-8-23(15)11-14-9-22-16(24-14)17(18,19)20/h3-6,9,15,21H,2,7-8,10-11H2,1H3. The van der Waals surface area contributed by atoms with Gasteiger partial charge >= 0.3 is 6.18 Å². The van der Waals surface area contributed by atoms with Gasteiger partial charge in [0.1, 0.15) is 0 Å². The highest BCUT2D eigenvalue weighted by Crippen LogP contribution is 2.34. The summed E-state index contributed by atoms with van der Waals surface area (Å²) in [4.78, 5) is 6.40. The summed E-state index contributed by atoms with van der Waals surface area (Å²) < 4.78 is 38.2. The molecule has 7 heteroatoms. The van der Waals surface area contributed by atoms with E-state index < -0.39 is 11.2 Å². The minimum atomic E-state index is -4.36. The minimum Gasteiger partial charge on any atom is -0.314 e. The van der Waals surface area contributed by atoms with E-state index in [1.165, 1.54) is 17.3 Å². The number of hydrogen-bond acceptors (Lipinski definition) is 4. The molecule has 1 fully saturated rings. The van der Waals surface area contributed by atoms with Crippen molar-refractivity contribution in [3.05, 3.63) is 51.5 Å². The molecule has 0 aliphatic carbocycles. The molecule has 1 N–H and O–H groups in total. The van der Waals surface area contributed by atoms with E-state index in [-0.39, 0.29) is 6.04 Å². The maximum Gasteiger partial charge on any atom is 0.443 e. The quantitative estimate of drug-likeness (QED) is 0.902. The van der Waals surface area contributed by atoms with Crippen molar-refractivity contribution in [2.45, 2.75) is 32.1 Å². The van der Waals surface area contributed by atoms with Crippen LogP contribution in [0.15, 0.2) is 30.5 Å². The molecule has 1 aliphatic heterocycles. The van der Waals surface area contributed by atoms with Gasteiger partial charge in [0, 0.05) is 43.3 Å². The predicted octanol–water partition coefficient (Wildman–Crippen LogP) is 3.87. The lowest BCUT2D eigenvalue weighted by Gasteiger charge is -2.36. The highest BCUT2D eigenvalue weighted by molar-refractivity contribution is 7.11. The van der Waals surface area contributed by atoms with Gasteiger partial charge in [0.15, 0.2) is 5.01 Å². The van der Waals surface area contributed by atoms with Crippen LogP contribution in [0.5, 0.6) is 0 Å². The second-order valence-corrected chi connectivity index (χ2v) is 7.03. The van der Waals surface area contributed by atoms with E-state index in [1.54, 1.807) is 0 Å². The van der Waals surface area contributed by atoms with Crippen LogP contribution in [0.3, 0.4) is 0 Å². The molecule has 130 valence electrons. The molecule has 1 unspecified atom stereocenters. The van der Waals surface area contributed by atoms with E-state index in [2.05, 4.69) is 46.4 Å². The number of piperazine rings is 1. The van der Waals surface area contributed by atoms with Crippen molar-refractivity contribution in [1.82, 2.24) is 15.2 Å². The Labute approximate surface area is 143 Å². The van der Waals surface area contributed by atoms with Crippen molar-refractivity contribution >= 4 is 11.3 Å². The summed E-state index contributed by atoms with van der Waals surface area (Å²) in [7, 11) is 0. The van der Waals surface area contributed by atoms with Crippen molar-refractivity contribution in [1.29, 1.82) is 0 Å². The zero-order valence-electron chi connectivity index (χ0n) is 13.4. The second-order valence-electron chi connectivity index (χ2n) is 5.92. The maximum absolute atomic E-state index is 12.7. The van der Waals surface area contributed by atoms with E-state index in [1.807, 2.05) is 0 Å². The first-order chi connectivity index (χ1) is 11.5. The average Bonchev–Trinajstić information content (AvgIpc) is 3.04. The lowest BCUT2D eigenvalue weighted by Crippen LogP contribution is -2.45. The van der Waals surface area contributed by atoms with E-state index in [9.17, 15) is 13.2 Å². The van der Waals surface area contributed by atoms with Crippen LogP contribution < -0.4 is 5.32 Å². The summed E-state index contributed by atoms with van der Waals surface area (Å²) in [5.74, 6) is 0. The molecule has 1 aromatic heterocycles. The number of nitrogens with one attached hydrogen (secondary N) is 1. The summed E-state index contributed by atoms with van der Waals surface area (Å²) in [6.45, 7) is 5.06. The molecule has 0 spiro atoms. The third kappa shape index (κ3) is 3.96. The summed E-state index contributed by atoms with van der Waals surface area (Å²) in [6, 6.07) is 8.66. The van der Waals surface area contributed by atoms with Gasteiger partial charge in [0.05, 0.1) is 0 Å². The fourth-order valence-electron chi connectivity index (χ4n) is 2.95. The number of benzene rings is 1. The van der Waals surface area contributed by atoms with Gasteiger partial charge in [-0.25, -0.2) is 4.98 Å². The molecule has 2 aromatic rings. The summed E-state index contributed by atoms with van der Waals surface area (Å²) in [6.07, 6.45) is -2.01. The minimum absolute atomic E-state index is 0.168. The van der Waals surface area contributed by atoms with Crippen LogP contribution in [0.4, 0.5) is 13.2 Å². The Morgan fingerprint density at radius 3 is 2.67 bits per heavy atom. The van der Waals surface area contributed by atoms with E-state index >= 15 is 0 Å². The molecule has 0 saturated carbocycles. The number of rotatable bonds is 4.